The smallest absolute Gasteiger partial charge is 0.165 e. The number of aromatic amines is 1. The minimum Gasteiger partial charge on any atom is -0.508 e. The van der Waals surface area contributed by atoms with Crippen LogP contribution in [-0.2, 0) is 49.1 Å². The molecule has 474 valence electrons. The Morgan fingerprint density at radius 1 is 0.733 bits per heavy atom. The second kappa shape index (κ2) is 28.4. The van der Waals surface area contributed by atoms with Crippen LogP contribution in [0.25, 0.3) is 0 Å². The van der Waals surface area contributed by atoms with E-state index in [0.717, 1.165) is 71.4 Å². The predicted octanol–water partition coefficient (Wildman–Crippen LogP) is 12.4. The molecule has 2 aliphatic heterocycles. The highest BCUT2D eigenvalue weighted by Crippen LogP contribution is 2.59. The molecule has 4 aliphatic carbocycles. The SMILES string of the molecule is NC(N)c1cc2c3cc1CSSCC1CC4(C=CC(=O)CCc5ccc(O)c(c5)OCCc5ccc(O)c(c5)C3CC(=O)c3cc[nH]c3CC#C2)CCC2CC(O)(CO)CCCC3C2Cc2cc(CCc5ccccc5)ccc2C(CO)C3CSSCC1(O)C4. The third kappa shape index (κ3) is 14.5. The van der Waals surface area contributed by atoms with Crippen LogP contribution in [-0.4, -0.2) is 95.5 Å². The summed E-state index contributed by atoms with van der Waals surface area (Å²) in [5, 5.41) is 71.4. The van der Waals surface area contributed by atoms with E-state index in [2.05, 4.69) is 77.5 Å². The summed E-state index contributed by atoms with van der Waals surface area (Å²) in [5.41, 5.74) is 21.9. The number of allylic oxidation sites excluding steroid dienone is 2. The van der Waals surface area contributed by atoms with E-state index in [1.165, 1.54) is 22.3 Å². The lowest BCUT2D eigenvalue weighted by Gasteiger charge is -2.44. The molecule has 0 amide bonds. The lowest BCUT2D eigenvalue weighted by molar-refractivity contribution is -0.114. The number of Topliss-reactive ketones (excluding diaryl/α,β-unsaturated/α-hetero) is 1. The summed E-state index contributed by atoms with van der Waals surface area (Å²) in [6.07, 6.45) is 13.9. The molecule has 3 heterocycles. The third-order valence-corrected chi connectivity index (χ3v) is 25.9. The number of nitrogens with one attached hydrogen (secondary N) is 1. The standard InChI is InChI=1S/C74H85N3O9S4/c75-71(76)61-33-50-8-4-10-66-58(23-28-77-66)69(83)36-62-59(50)35-53(61)40-87-88-41-54-38-72(27-22-55(80)17-13-48-16-20-68(82)70(32-48)86-29-24-49-15-19-67(81)63(62)31-49)26-21-51-37-73(84,44-79)25-5-9-57-60(51)34-52-30-47(12-11-46-6-2-1-3-7-46)14-18-56(52)64(39-78)65(57)42-89-90-45-74(54,85)43-72/h1-3,6-7,14-16,18-20,22-23,27-28,30-33,35,51,54,57,60,62,64-65,71,77-79,81-82,84-85H,5,9-13,17,21,24-26,29,34,36-45,75-76H2. The monoisotopic (exact) mass is 1290 g/mol. The number of aryl methyl sites for hydroxylation is 3. The van der Waals surface area contributed by atoms with Gasteiger partial charge >= 0.3 is 0 Å². The normalized spacial score (nSPS) is 28.5. The summed E-state index contributed by atoms with van der Waals surface area (Å²) in [5.74, 6) is 8.89. The van der Waals surface area contributed by atoms with E-state index >= 15 is 0 Å². The summed E-state index contributed by atoms with van der Waals surface area (Å²) in [4.78, 5) is 32.1. The first-order chi connectivity index (χ1) is 43.6. The van der Waals surface area contributed by atoms with Crippen molar-refractivity contribution in [2.24, 2.45) is 46.5 Å². The van der Waals surface area contributed by atoms with Crippen molar-refractivity contribution in [1.29, 1.82) is 0 Å². The quantitative estimate of drug-likeness (QED) is 0.0429. The Bertz CT molecular complexity index is 3660. The Balaban J connectivity index is 0.908. The van der Waals surface area contributed by atoms with Crippen molar-refractivity contribution in [2.45, 2.75) is 138 Å². The molecule has 1 spiro atoms. The van der Waals surface area contributed by atoms with Gasteiger partial charge in [-0.25, -0.2) is 0 Å². The predicted molar refractivity (Wildman–Crippen MR) is 364 cm³/mol. The van der Waals surface area contributed by atoms with E-state index in [1.54, 1.807) is 79.7 Å². The maximum atomic E-state index is 14.5. The number of carbonyl (C=O) groups excluding carboxylic acids is 2. The van der Waals surface area contributed by atoms with E-state index in [0.29, 0.717) is 97.5 Å². The van der Waals surface area contributed by atoms with Crippen LogP contribution in [0.1, 0.15) is 159 Å². The first kappa shape index (κ1) is 64.7. The number of aromatic hydroxyl groups is 2. The molecule has 10 atom stereocenters. The van der Waals surface area contributed by atoms with Crippen LogP contribution >= 0.6 is 43.2 Å². The van der Waals surface area contributed by atoms with Gasteiger partial charge in [-0.05, 0) is 192 Å². The molecule has 11 N–H and O–H groups in total. The van der Waals surface area contributed by atoms with Crippen molar-refractivity contribution in [3.8, 4) is 29.1 Å². The van der Waals surface area contributed by atoms with Crippen molar-refractivity contribution in [3.63, 3.8) is 0 Å². The fraction of sp³-hybridized carbons (Fsp3) is 0.459. The van der Waals surface area contributed by atoms with Crippen molar-refractivity contribution in [1.82, 2.24) is 4.98 Å². The maximum Gasteiger partial charge on any atom is 0.165 e. The van der Waals surface area contributed by atoms with Gasteiger partial charge in [0.2, 0.25) is 0 Å². The Morgan fingerprint density at radius 2 is 1.54 bits per heavy atom. The number of phenolic OH excluding ortho intramolecular Hbond substituents is 2. The van der Waals surface area contributed by atoms with Gasteiger partial charge in [-0.15, -0.1) is 0 Å². The van der Waals surface area contributed by atoms with Gasteiger partial charge in [0.05, 0.1) is 43.6 Å². The Labute approximate surface area is 545 Å². The Morgan fingerprint density at radius 3 is 2.37 bits per heavy atom. The number of phenols is 2. The minimum atomic E-state index is -1.26. The molecule has 16 heteroatoms. The van der Waals surface area contributed by atoms with Crippen molar-refractivity contribution >= 4 is 54.7 Å². The summed E-state index contributed by atoms with van der Waals surface area (Å²) in [6.45, 7) is -0.110. The number of fused-ring (bicyclic) bond motifs is 11. The molecule has 1 aromatic heterocycles. The molecular weight excluding hydrogens is 1200 g/mol. The van der Waals surface area contributed by atoms with Crippen molar-refractivity contribution < 1.29 is 45.0 Å². The number of aromatic nitrogens is 1. The zero-order valence-corrected chi connectivity index (χ0v) is 54.4. The van der Waals surface area contributed by atoms with Gasteiger partial charge in [-0.1, -0.05) is 140 Å². The number of ether oxygens (including phenoxy) is 1. The van der Waals surface area contributed by atoms with Crippen LogP contribution < -0.4 is 16.2 Å². The van der Waals surface area contributed by atoms with Crippen LogP contribution in [0.3, 0.4) is 0 Å². The van der Waals surface area contributed by atoms with Gasteiger partial charge in [-0.3, -0.25) is 9.59 Å². The van der Waals surface area contributed by atoms with Gasteiger partial charge < -0.3 is 51.8 Å². The first-order valence-corrected chi connectivity index (χ1v) is 37.2. The number of aliphatic hydroxyl groups is 4. The molecule has 10 unspecified atom stereocenters. The van der Waals surface area contributed by atoms with Crippen LogP contribution in [0.2, 0.25) is 0 Å². The third-order valence-electron chi connectivity index (χ3n) is 20.9. The number of hydrogen-bond acceptors (Lipinski definition) is 15. The average Bonchev–Trinajstić information content (AvgIpc) is 1.63. The molecule has 12 nitrogen and oxygen atoms in total. The molecule has 6 aromatic rings. The molecule has 2 saturated carbocycles. The lowest BCUT2D eigenvalue weighted by atomic mass is 9.63. The van der Waals surface area contributed by atoms with Gasteiger partial charge in [0.1, 0.15) is 5.75 Å². The van der Waals surface area contributed by atoms with Gasteiger partial charge in [0.15, 0.2) is 23.1 Å². The second-order valence-electron chi connectivity index (χ2n) is 26.7. The van der Waals surface area contributed by atoms with Crippen molar-refractivity contribution in [2.75, 3.05) is 37.1 Å². The maximum absolute atomic E-state index is 14.5. The van der Waals surface area contributed by atoms with Crippen LogP contribution in [0.5, 0.6) is 17.2 Å². The molecule has 5 aromatic carbocycles. The molecule has 90 heavy (non-hydrogen) atoms. The highest BCUT2D eigenvalue weighted by molar-refractivity contribution is 8.77. The van der Waals surface area contributed by atoms with Crippen LogP contribution in [0, 0.1) is 46.8 Å². The number of H-pyrrole nitrogens is 1. The fourth-order valence-electron chi connectivity index (χ4n) is 16.1. The molecule has 0 radical (unpaired) electrons. The molecule has 1 saturated heterocycles. The van der Waals surface area contributed by atoms with E-state index < -0.39 is 28.7 Å². The zero-order valence-electron chi connectivity index (χ0n) is 51.1. The number of ketones is 2. The number of aliphatic hydroxyl groups excluding tert-OH is 2. The minimum absolute atomic E-state index is 0.00943. The molecule has 13 bridgehead atoms. The van der Waals surface area contributed by atoms with Gasteiger partial charge in [0, 0.05) is 82.7 Å². The summed E-state index contributed by atoms with van der Waals surface area (Å²) >= 11 is 0. The largest absolute Gasteiger partial charge is 0.508 e. The number of benzene rings is 5. The number of carbonyl (C=O) groups is 2. The zero-order chi connectivity index (χ0) is 62.6. The lowest BCUT2D eigenvalue weighted by Crippen LogP contribution is -2.43. The summed E-state index contributed by atoms with van der Waals surface area (Å²) < 4.78 is 6.27. The number of hydrogen-bond donors (Lipinski definition) is 9. The molecule has 3 fully saturated rings. The summed E-state index contributed by atoms with van der Waals surface area (Å²) in [7, 11) is 6.88. The highest BCUT2D eigenvalue weighted by Gasteiger charge is 2.54. The number of rotatable bonds is 6. The highest BCUT2D eigenvalue weighted by atomic mass is 33.1. The number of nitrogens with two attached hydrogens (primary N) is 2. The molecule has 6 aliphatic rings. The Kier molecular flexibility index (Phi) is 20.4. The molecule has 12 rings (SSSR count). The van der Waals surface area contributed by atoms with E-state index in [-0.39, 0.29) is 91.2 Å². The van der Waals surface area contributed by atoms with Gasteiger partial charge in [-0.2, -0.15) is 0 Å². The molecular formula is C74H85N3O9S4. The van der Waals surface area contributed by atoms with Gasteiger partial charge in [0.25, 0.3) is 0 Å². The topological polar surface area (TPSA) is 233 Å². The van der Waals surface area contributed by atoms with E-state index in [1.807, 2.05) is 24.3 Å². The first-order valence-electron chi connectivity index (χ1n) is 32.2. The Hall–Kier alpha value is -5.42. The second-order valence-corrected chi connectivity index (χ2v) is 31.7. The fourth-order valence-corrected chi connectivity index (χ4v) is 21.6. The van der Waals surface area contributed by atoms with Crippen molar-refractivity contribution in [3.05, 3.63) is 194 Å². The van der Waals surface area contributed by atoms with E-state index in [4.69, 9.17) is 16.2 Å². The van der Waals surface area contributed by atoms with E-state index in [9.17, 15) is 40.2 Å². The van der Waals surface area contributed by atoms with Crippen LogP contribution in [0.15, 0.2) is 121 Å². The van der Waals surface area contributed by atoms with Crippen LogP contribution in [0.4, 0.5) is 0 Å². The summed E-state index contributed by atoms with van der Waals surface area (Å²) in [6, 6.07) is 34.0. The average molecular weight is 1290 g/mol.